The molecule has 0 aromatic heterocycles. The summed E-state index contributed by atoms with van der Waals surface area (Å²) in [6, 6.07) is 11.1. The first-order chi connectivity index (χ1) is 8.56. The number of aryl methyl sites for hydroxylation is 2. The zero-order valence-corrected chi connectivity index (χ0v) is 11.2. The Kier molecular flexibility index (Phi) is 3.87. The molecule has 0 fully saturated rings. The molecule has 0 saturated heterocycles. The zero-order chi connectivity index (χ0) is 13.1. The molecule has 0 aliphatic heterocycles. The molecule has 0 bridgehead atoms. The first kappa shape index (κ1) is 12.9. The van der Waals surface area contributed by atoms with Crippen molar-refractivity contribution in [2.45, 2.75) is 20.4 Å². The SMILES string of the molecule is Cc1ccc(NCc2ccc(C)c(F)c2)c(Cl)c1. The van der Waals surface area contributed by atoms with E-state index >= 15 is 0 Å². The predicted octanol–water partition coefficient (Wildman–Crippen LogP) is 4.71. The highest BCUT2D eigenvalue weighted by atomic mass is 35.5. The van der Waals surface area contributed by atoms with Crippen LogP contribution in [0.1, 0.15) is 16.7 Å². The third kappa shape index (κ3) is 3.02. The molecule has 2 aromatic rings. The largest absolute Gasteiger partial charge is 0.380 e. The highest BCUT2D eigenvalue weighted by Crippen LogP contribution is 2.23. The van der Waals surface area contributed by atoms with Gasteiger partial charge in [-0.1, -0.05) is 29.8 Å². The summed E-state index contributed by atoms with van der Waals surface area (Å²) >= 11 is 6.12. The van der Waals surface area contributed by atoms with E-state index in [1.165, 1.54) is 0 Å². The van der Waals surface area contributed by atoms with Crippen LogP contribution in [-0.2, 0) is 6.54 Å². The fourth-order valence-electron chi connectivity index (χ4n) is 1.71. The van der Waals surface area contributed by atoms with Crippen LogP contribution in [0.2, 0.25) is 5.02 Å². The highest BCUT2D eigenvalue weighted by molar-refractivity contribution is 6.33. The third-order valence-electron chi connectivity index (χ3n) is 2.84. The summed E-state index contributed by atoms with van der Waals surface area (Å²) in [7, 11) is 0. The van der Waals surface area contributed by atoms with Crippen molar-refractivity contribution in [3.05, 3.63) is 63.9 Å². The number of hydrogen-bond acceptors (Lipinski definition) is 1. The maximum absolute atomic E-state index is 13.4. The average molecular weight is 264 g/mol. The summed E-state index contributed by atoms with van der Waals surface area (Å²) in [5, 5.41) is 3.89. The normalized spacial score (nSPS) is 10.4. The van der Waals surface area contributed by atoms with Crippen molar-refractivity contribution < 1.29 is 4.39 Å². The lowest BCUT2D eigenvalue weighted by Gasteiger charge is -2.09. The molecule has 1 nitrogen and oxygen atoms in total. The lowest BCUT2D eigenvalue weighted by Crippen LogP contribution is -2.01. The molecule has 0 aliphatic rings. The summed E-state index contributed by atoms with van der Waals surface area (Å²) in [6.45, 7) is 4.30. The van der Waals surface area contributed by atoms with E-state index in [9.17, 15) is 4.39 Å². The van der Waals surface area contributed by atoms with Gasteiger partial charge in [0, 0.05) is 6.54 Å². The molecule has 0 atom stereocenters. The molecule has 0 aliphatic carbocycles. The standard InChI is InChI=1S/C15H15ClFN/c1-10-3-6-15(13(16)7-10)18-9-12-5-4-11(2)14(17)8-12/h3-8,18H,9H2,1-2H3. The molecule has 0 saturated carbocycles. The van der Waals surface area contributed by atoms with Crippen molar-refractivity contribution in [3.63, 3.8) is 0 Å². The second kappa shape index (κ2) is 5.40. The van der Waals surface area contributed by atoms with E-state index in [1.54, 1.807) is 19.1 Å². The lowest BCUT2D eigenvalue weighted by molar-refractivity contribution is 0.616. The zero-order valence-electron chi connectivity index (χ0n) is 10.4. The summed E-state index contributed by atoms with van der Waals surface area (Å²) < 4.78 is 13.4. The van der Waals surface area contributed by atoms with Gasteiger partial charge in [0.25, 0.3) is 0 Å². The Bertz CT molecular complexity index is 566. The van der Waals surface area contributed by atoms with E-state index < -0.39 is 0 Å². The maximum atomic E-state index is 13.4. The smallest absolute Gasteiger partial charge is 0.126 e. The molecular weight excluding hydrogens is 249 g/mol. The molecule has 0 radical (unpaired) electrons. The summed E-state index contributed by atoms with van der Waals surface area (Å²) in [5.41, 5.74) is 3.54. The van der Waals surface area contributed by atoms with Crippen molar-refractivity contribution in [2.75, 3.05) is 5.32 Å². The van der Waals surface area contributed by atoms with Crippen LogP contribution in [-0.4, -0.2) is 0 Å². The topological polar surface area (TPSA) is 12.0 Å². The number of halogens is 2. The van der Waals surface area contributed by atoms with Gasteiger partial charge in [-0.2, -0.15) is 0 Å². The van der Waals surface area contributed by atoms with E-state index in [4.69, 9.17) is 11.6 Å². The van der Waals surface area contributed by atoms with Crippen LogP contribution in [0.5, 0.6) is 0 Å². The van der Waals surface area contributed by atoms with Gasteiger partial charge in [-0.05, 0) is 48.7 Å². The molecule has 1 N–H and O–H groups in total. The third-order valence-corrected chi connectivity index (χ3v) is 3.16. The van der Waals surface area contributed by atoms with Crippen LogP contribution >= 0.6 is 11.6 Å². The van der Waals surface area contributed by atoms with Crippen LogP contribution in [0, 0.1) is 19.7 Å². The molecular formula is C15H15ClFN. The summed E-state index contributed by atoms with van der Waals surface area (Å²) in [6.07, 6.45) is 0. The lowest BCUT2D eigenvalue weighted by atomic mass is 10.1. The number of hydrogen-bond donors (Lipinski definition) is 1. The minimum atomic E-state index is -0.177. The van der Waals surface area contributed by atoms with Crippen LogP contribution in [0.15, 0.2) is 36.4 Å². The van der Waals surface area contributed by atoms with Gasteiger partial charge in [0.15, 0.2) is 0 Å². The molecule has 0 heterocycles. The van der Waals surface area contributed by atoms with Crippen molar-refractivity contribution in [3.8, 4) is 0 Å². The Morgan fingerprint density at radius 3 is 2.56 bits per heavy atom. The fraction of sp³-hybridized carbons (Fsp3) is 0.200. The van der Waals surface area contributed by atoms with Crippen molar-refractivity contribution >= 4 is 17.3 Å². The number of nitrogens with one attached hydrogen (secondary N) is 1. The number of rotatable bonds is 3. The van der Waals surface area contributed by atoms with Gasteiger partial charge < -0.3 is 5.32 Å². The molecule has 0 spiro atoms. The molecule has 2 aromatic carbocycles. The molecule has 3 heteroatoms. The second-order valence-corrected chi connectivity index (χ2v) is 4.83. The number of benzene rings is 2. The van der Waals surface area contributed by atoms with Crippen LogP contribution in [0.25, 0.3) is 0 Å². The van der Waals surface area contributed by atoms with E-state index in [1.807, 2.05) is 31.2 Å². The molecule has 0 unspecified atom stereocenters. The Balaban J connectivity index is 2.09. The van der Waals surface area contributed by atoms with Gasteiger partial charge in [0.1, 0.15) is 5.82 Å². The minimum absolute atomic E-state index is 0.177. The van der Waals surface area contributed by atoms with Crippen LogP contribution < -0.4 is 5.32 Å². The average Bonchev–Trinajstić information content (AvgIpc) is 2.32. The van der Waals surface area contributed by atoms with Gasteiger partial charge in [0.2, 0.25) is 0 Å². The minimum Gasteiger partial charge on any atom is -0.380 e. The molecule has 2 rings (SSSR count). The molecule has 18 heavy (non-hydrogen) atoms. The number of anilines is 1. The quantitative estimate of drug-likeness (QED) is 0.846. The van der Waals surface area contributed by atoms with E-state index in [0.29, 0.717) is 17.1 Å². The Labute approximate surface area is 112 Å². The molecule has 0 amide bonds. The van der Waals surface area contributed by atoms with Gasteiger partial charge in [0.05, 0.1) is 10.7 Å². The predicted molar refractivity (Wildman–Crippen MR) is 74.7 cm³/mol. The van der Waals surface area contributed by atoms with Gasteiger partial charge in [-0.15, -0.1) is 0 Å². The Morgan fingerprint density at radius 1 is 1.11 bits per heavy atom. The maximum Gasteiger partial charge on any atom is 0.126 e. The van der Waals surface area contributed by atoms with E-state index in [2.05, 4.69) is 5.32 Å². The van der Waals surface area contributed by atoms with E-state index in [0.717, 1.165) is 16.8 Å². The van der Waals surface area contributed by atoms with Gasteiger partial charge in [-0.3, -0.25) is 0 Å². The van der Waals surface area contributed by atoms with Gasteiger partial charge in [-0.25, -0.2) is 4.39 Å². The van der Waals surface area contributed by atoms with E-state index in [-0.39, 0.29) is 5.82 Å². The van der Waals surface area contributed by atoms with Crippen molar-refractivity contribution in [1.29, 1.82) is 0 Å². The Hall–Kier alpha value is -1.54. The highest BCUT2D eigenvalue weighted by Gasteiger charge is 2.02. The second-order valence-electron chi connectivity index (χ2n) is 4.42. The monoisotopic (exact) mass is 263 g/mol. The van der Waals surface area contributed by atoms with Crippen molar-refractivity contribution in [2.24, 2.45) is 0 Å². The fourth-order valence-corrected chi connectivity index (χ4v) is 2.01. The summed E-state index contributed by atoms with van der Waals surface area (Å²) in [4.78, 5) is 0. The molecule has 94 valence electrons. The Morgan fingerprint density at radius 2 is 1.89 bits per heavy atom. The first-order valence-electron chi connectivity index (χ1n) is 5.81. The van der Waals surface area contributed by atoms with Crippen LogP contribution in [0.3, 0.4) is 0 Å². The first-order valence-corrected chi connectivity index (χ1v) is 6.19. The van der Waals surface area contributed by atoms with Crippen molar-refractivity contribution in [1.82, 2.24) is 0 Å². The van der Waals surface area contributed by atoms with Gasteiger partial charge >= 0.3 is 0 Å². The van der Waals surface area contributed by atoms with Crippen LogP contribution in [0.4, 0.5) is 10.1 Å². The summed E-state index contributed by atoms with van der Waals surface area (Å²) in [5.74, 6) is -0.177.